The highest BCUT2D eigenvalue weighted by molar-refractivity contribution is 5.55. The fraction of sp³-hybridized carbons (Fsp3) is 0.294. The van der Waals surface area contributed by atoms with Crippen molar-refractivity contribution in [2.24, 2.45) is 0 Å². The summed E-state index contributed by atoms with van der Waals surface area (Å²) < 4.78 is 5.40. The third-order valence-electron chi connectivity index (χ3n) is 2.88. The lowest BCUT2D eigenvalue weighted by Gasteiger charge is -2.11. The minimum absolute atomic E-state index is 0.0236. The smallest absolute Gasteiger partial charge is 0.145 e. The molecule has 0 fully saturated rings. The van der Waals surface area contributed by atoms with E-state index in [1.165, 1.54) is 6.33 Å². The van der Waals surface area contributed by atoms with E-state index < -0.39 is 0 Å². The van der Waals surface area contributed by atoms with Crippen molar-refractivity contribution in [2.45, 2.75) is 19.9 Å². The SMILES string of the molecule is CCOc1ccc(C#Cc2cncnc2N[C@H](C)CO)cc1. The second-order valence-corrected chi connectivity index (χ2v) is 4.72. The summed E-state index contributed by atoms with van der Waals surface area (Å²) >= 11 is 0. The van der Waals surface area contributed by atoms with E-state index in [0.717, 1.165) is 11.3 Å². The quantitative estimate of drug-likeness (QED) is 0.827. The molecule has 0 aliphatic rings. The van der Waals surface area contributed by atoms with Crippen LogP contribution >= 0.6 is 0 Å². The van der Waals surface area contributed by atoms with Gasteiger partial charge in [-0.2, -0.15) is 0 Å². The molecule has 0 amide bonds. The zero-order chi connectivity index (χ0) is 15.8. The number of anilines is 1. The Morgan fingerprint density at radius 2 is 2.05 bits per heavy atom. The Morgan fingerprint density at radius 1 is 1.27 bits per heavy atom. The van der Waals surface area contributed by atoms with Crippen LogP contribution in [0.1, 0.15) is 25.0 Å². The van der Waals surface area contributed by atoms with E-state index in [1.807, 2.05) is 38.1 Å². The molecule has 1 heterocycles. The van der Waals surface area contributed by atoms with Gasteiger partial charge in [0.15, 0.2) is 0 Å². The van der Waals surface area contributed by atoms with Gasteiger partial charge in [-0.25, -0.2) is 9.97 Å². The molecular formula is C17H19N3O2. The van der Waals surface area contributed by atoms with Gasteiger partial charge in [0.2, 0.25) is 0 Å². The first-order chi connectivity index (χ1) is 10.7. The summed E-state index contributed by atoms with van der Waals surface area (Å²) in [6.45, 7) is 4.48. The molecule has 22 heavy (non-hydrogen) atoms. The van der Waals surface area contributed by atoms with Gasteiger partial charge in [0.05, 0.1) is 18.8 Å². The maximum absolute atomic E-state index is 9.11. The van der Waals surface area contributed by atoms with Crippen molar-refractivity contribution < 1.29 is 9.84 Å². The summed E-state index contributed by atoms with van der Waals surface area (Å²) in [5, 5.41) is 12.2. The van der Waals surface area contributed by atoms with Crippen LogP contribution < -0.4 is 10.1 Å². The summed E-state index contributed by atoms with van der Waals surface area (Å²) in [4.78, 5) is 8.15. The Labute approximate surface area is 130 Å². The Morgan fingerprint density at radius 3 is 2.73 bits per heavy atom. The lowest BCUT2D eigenvalue weighted by molar-refractivity contribution is 0.281. The van der Waals surface area contributed by atoms with E-state index in [9.17, 15) is 0 Å². The predicted octanol–water partition coefficient (Wildman–Crippen LogP) is 2.07. The fourth-order valence-electron chi connectivity index (χ4n) is 1.76. The molecular weight excluding hydrogens is 278 g/mol. The van der Waals surface area contributed by atoms with Gasteiger partial charge in [-0.3, -0.25) is 0 Å². The highest BCUT2D eigenvalue weighted by atomic mass is 16.5. The average Bonchev–Trinajstić information content (AvgIpc) is 2.55. The number of aliphatic hydroxyl groups is 1. The second kappa shape index (κ2) is 8.01. The number of benzene rings is 1. The highest BCUT2D eigenvalue weighted by Gasteiger charge is 2.05. The molecule has 0 saturated carbocycles. The Bertz CT molecular complexity index is 660. The summed E-state index contributed by atoms with van der Waals surface area (Å²) in [6, 6.07) is 7.50. The monoisotopic (exact) mass is 297 g/mol. The number of nitrogens with one attached hydrogen (secondary N) is 1. The number of aromatic nitrogens is 2. The standard InChI is InChI=1S/C17H19N3O2/c1-3-22-16-8-5-14(6-9-16)4-7-15-10-18-12-19-17(15)20-13(2)11-21/h5-6,8-10,12-13,21H,3,11H2,1-2H3,(H,18,19,20)/t13-/m1/s1. The molecule has 0 spiro atoms. The molecule has 0 unspecified atom stereocenters. The minimum Gasteiger partial charge on any atom is -0.494 e. The molecule has 1 aromatic carbocycles. The van der Waals surface area contributed by atoms with Crippen molar-refractivity contribution >= 4 is 5.82 Å². The van der Waals surface area contributed by atoms with Crippen LogP contribution in [0.25, 0.3) is 0 Å². The third kappa shape index (κ3) is 4.47. The summed E-state index contributed by atoms with van der Waals surface area (Å²) in [6.07, 6.45) is 3.11. The number of nitrogens with zero attached hydrogens (tertiary/aromatic N) is 2. The lowest BCUT2D eigenvalue weighted by Crippen LogP contribution is -2.20. The summed E-state index contributed by atoms with van der Waals surface area (Å²) in [7, 11) is 0. The summed E-state index contributed by atoms with van der Waals surface area (Å²) in [5.74, 6) is 7.57. The van der Waals surface area contributed by atoms with Crippen molar-refractivity contribution in [1.82, 2.24) is 9.97 Å². The van der Waals surface area contributed by atoms with Gasteiger partial charge in [0.1, 0.15) is 17.9 Å². The molecule has 2 aromatic rings. The van der Waals surface area contributed by atoms with E-state index in [0.29, 0.717) is 18.0 Å². The van der Waals surface area contributed by atoms with Crippen LogP contribution in [0.3, 0.4) is 0 Å². The molecule has 2 rings (SSSR count). The predicted molar refractivity (Wildman–Crippen MR) is 85.8 cm³/mol. The first-order valence-electron chi connectivity index (χ1n) is 7.15. The normalized spacial score (nSPS) is 11.2. The Balaban J connectivity index is 2.17. The van der Waals surface area contributed by atoms with Crippen LogP contribution in [0, 0.1) is 11.8 Å². The molecule has 2 N–H and O–H groups in total. The number of ether oxygens (including phenoxy) is 1. The van der Waals surface area contributed by atoms with E-state index in [4.69, 9.17) is 9.84 Å². The maximum atomic E-state index is 9.11. The highest BCUT2D eigenvalue weighted by Crippen LogP contribution is 2.13. The van der Waals surface area contributed by atoms with Crippen LogP contribution in [-0.4, -0.2) is 34.3 Å². The van der Waals surface area contributed by atoms with Crippen molar-refractivity contribution in [3.05, 3.63) is 47.9 Å². The first-order valence-corrected chi connectivity index (χ1v) is 7.15. The second-order valence-electron chi connectivity index (χ2n) is 4.72. The number of rotatable bonds is 5. The average molecular weight is 297 g/mol. The first kappa shape index (κ1) is 15.8. The Hall–Kier alpha value is -2.58. The number of aliphatic hydroxyl groups excluding tert-OH is 1. The number of hydrogen-bond donors (Lipinski definition) is 2. The van der Waals surface area contributed by atoms with Crippen LogP contribution in [0.2, 0.25) is 0 Å². The number of hydrogen-bond acceptors (Lipinski definition) is 5. The molecule has 1 atom stereocenters. The van der Waals surface area contributed by atoms with Crippen LogP contribution in [0.15, 0.2) is 36.8 Å². The molecule has 0 aliphatic heterocycles. The lowest BCUT2D eigenvalue weighted by atomic mass is 10.2. The largest absolute Gasteiger partial charge is 0.494 e. The van der Waals surface area contributed by atoms with Gasteiger partial charge in [0, 0.05) is 17.8 Å². The van der Waals surface area contributed by atoms with Crippen molar-refractivity contribution in [3.8, 4) is 17.6 Å². The zero-order valence-corrected chi connectivity index (χ0v) is 12.7. The topological polar surface area (TPSA) is 67.3 Å². The third-order valence-corrected chi connectivity index (χ3v) is 2.88. The van der Waals surface area contributed by atoms with E-state index >= 15 is 0 Å². The van der Waals surface area contributed by atoms with Gasteiger partial charge in [-0.05, 0) is 38.1 Å². The van der Waals surface area contributed by atoms with Gasteiger partial charge < -0.3 is 15.2 Å². The van der Waals surface area contributed by atoms with Crippen LogP contribution in [0.5, 0.6) is 5.75 Å². The molecule has 5 nitrogen and oxygen atoms in total. The molecule has 114 valence electrons. The van der Waals surface area contributed by atoms with Gasteiger partial charge in [-0.15, -0.1) is 0 Å². The zero-order valence-electron chi connectivity index (χ0n) is 12.7. The molecule has 0 saturated heterocycles. The van der Waals surface area contributed by atoms with Gasteiger partial charge in [-0.1, -0.05) is 11.8 Å². The van der Waals surface area contributed by atoms with Crippen molar-refractivity contribution in [1.29, 1.82) is 0 Å². The summed E-state index contributed by atoms with van der Waals surface area (Å²) in [5.41, 5.74) is 1.57. The van der Waals surface area contributed by atoms with Crippen molar-refractivity contribution in [3.63, 3.8) is 0 Å². The molecule has 0 bridgehead atoms. The van der Waals surface area contributed by atoms with E-state index in [1.54, 1.807) is 6.20 Å². The fourth-order valence-corrected chi connectivity index (χ4v) is 1.76. The van der Waals surface area contributed by atoms with Gasteiger partial charge in [0.25, 0.3) is 0 Å². The molecule has 0 aliphatic carbocycles. The molecule has 0 radical (unpaired) electrons. The molecule has 5 heteroatoms. The van der Waals surface area contributed by atoms with Crippen LogP contribution in [0.4, 0.5) is 5.82 Å². The van der Waals surface area contributed by atoms with E-state index in [-0.39, 0.29) is 12.6 Å². The van der Waals surface area contributed by atoms with E-state index in [2.05, 4.69) is 27.1 Å². The minimum atomic E-state index is -0.0964. The van der Waals surface area contributed by atoms with Crippen molar-refractivity contribution in [2.75, 3.05) is 18.5 Å². The maximum Gasteiger partial charge on any atom is 0.145 e. The van der Waals surface area contributed by atoms with Crippen LogP contribution in [-0.2, 0) is 0 Å². The van der Waals surface area contributed by atoms with Gasteiger partial charge >= 0.3 is 0 Å². The Kier molecular flexibility index (Phi) is 5.75. The molecule has 1 aromatic heterocycles.